The summed E-state index contributed by atoms with van der Waals surface area (Å²) in [5.41, 5.74) is 4.71. The molecule has 0 saturated carbocycles. The molecule has 1 heterocycles. The molecule has 226 valence electrons. The maximum atomic E-state index is 13.6. The summed E-state index contributed by atoms with van der Waals surface area (Å²) >= 11 is 0. The summed E-state index contributed by atoms with van der Waals surface area (Å²) in [4.78, 5) is 50.0. The Labute approximate surface area is 249 Å². The van der Waals surface area contributed by atoms with Gasteiger partial charge in [0, 0.05) is 12.5 Å². The first-order valence-corrected chi connectivity index (χ1v) is 15.5. The predicted octanol–water partition coefficient (Wildman–Crippen LogP) is 4.69. The molecule has 3 aromatic rings. The summed E-state index contributed by atoms with van der Waals surface area (Å²) in [6.07, 6.45) is -1.64. The highest BCUT2D eigenvalue weighted by Crippen LogP contribution is 2.46. The standard InChI is InChI=1S/C31H33N2O9P/c1-20(42-43(38,39)41-18-21-10-3-2-4-11-21)28(29(34)33-17-9-16-27(33)30(35)36)32-31(37)40-19-26-24-14-7-5-12-22(24)23-13-6-8-15-25(23)26/h2-8,10-15,20,26-28H,9,16-19H2,1H3,(H,32,37)(H,35,36)(H,38,39)/t20-,27+,28+/m1/s1. The Balaban J connectivity index is 1.30. The number of phosphoric ester groups is 1. The third-order valence-electron chi connectivity index (χ3n) is 7.71. The Hall–Kier alpha value is -4.02. The number of benzene rings is 3. The van der Waals surface area contributed by atoms with Crippen LogP contribution in [-0.2, 0) is 34.5 Å². The van der Waals surface area contributed by atoms with Crippen molar-refractivity contribution in [2.75, 3.05) is 13.2 Å². The van der Waals surface area contributed by atoms with E-state index < -0.39 is 44.0 Å². The molecular weight excluding hydrogens is 575 g/mol. The van der Waals surface area contributed by atoms with Gasteiger partial charge in [0.25, 0.3) is 0 Å². The highest BCUT2D eigenvalue weighted by molar-refractivity contribution is 7.47. The van der Waals surface area contributed by atoms with Crippen LogP contribution in [0.5, 0.6) is 0 Å². The van der Waals surface area contributed by atoms with Gasteiger partial charge in [-0.3, -0.25) is 13.8 Å². The number of fused-ring (bicyclic) bond motifs is 3. The van der Waals surface area contributed by atoms with Crippen LogP contribution in [0.15, 0.2) is 78.9 Å². The van der Waals surface area contributed by atoms with E-state index in [0.29, 0.717) is 12.0 Å². The zero-order valence-electron chi connectivity index (χ0n) is 23.5. The summed E-state index contributed by atoms with van der Waals surface area (Å²) in [5, 5.41) is 12.1. The number of hydrogen-bond acceptors (Lipinski definition) is 7. The van der Waals surface area contributed by atoms with Crippen molar-refractivity contribution in [1.29, 1.82) is 0 Å². The summed E-state index contributed by atoms with van der Waals surface area (Å²) < 4.78 is 28.8. The van der Waals surface area contributed by atoms with E-state index in [1.807, 2.05) is 48.5 Å². The molecule has 3 N–H and O–H groups in total. The van der Waals surface area contributed by atoms with Gasteiger partial charge in [-0.25, -0.2) is 14.2 Å². The Kier molecular flexibility index (Phi) is 9.27. The molecule has 0 bridgehead atoms. The van der Waals surface area contributed by atoms with Gasteiger partial charge in [0.2, 0.25) is 5.91 Å². The summed E-state index contributed by atoms with van der Waals surface area (Å²) in [6, 6.07) is 21.7. The number of phosphoric acid groups is 1. The van der Waals surface area contributed by atoms with Crippen molar-refractivity contribution in [3.05, 3.63) is 95.6 Å². The van der Waals surface area contributed by atoms with E-state index in [-0.39, 0.29) is 32.1 Å². The Morgan fingerprint density at radius 1 is 0.977 bits per heavy atom. The average Bonchev–Trinajstić information content (AvgIpc) is 3.62. The number of hydrogen-bond donors (Lipinski definition) is 3. The fourth-order valence-corrected chi connectivity index (χ4v) is 6.56. The second-order valence-corrected chi connectivity index (χ2v) is 11.9. The number of ether oxygens (including phenoxy) is 1. The molecule has 3 aromatic carbocycles. The van der Waals surface area contributed by atoms with Crippen molar-refractivity contribution in [2.45, 2.75) is 50.5 Å². The lowest BCUT2D eigenvalue weighted by Gasteiger charge is -2.31. The lowest BCUT2D eigenvalue weighted by molar-refractivity contribution is -0.150. The van der Waals surface area contributed by atoms with Crippen molar-refractivity contribution in [3.63, 3.8) is 0 Å². The summed E-state index contributed by atoms with van der Waals surface area (Å²) in [5.74, 6) is -2.19. The van der Waals surface area contributed by atoms with Crippen molar-refractivity contribution < 1.29 is 42.7 Å². The number of carbonyl (C=O) groups excluding carboxylic acids is 2. The van der Waals surface area contributed by atoms with Crippen molar-refractivity contribution in [1.82, 2.24) is 10.2 Å². The number of likely N-dealkylation sites (tertiary alicyclic amines) is 1. The summed E-state index contributed by atoms with van der Waals surface area (Å²) in [6.45, 7) is 1.21. The minimum atomic E-state index is -4.70. The highest BCUT2D eigenvalue weighted by Gasteiger charge is 2.42. The largest absolute Gasteiger partial charge is 0.480 e. The monoisotopic (exact) mass is 608 g/mol. The first-order chi connectivity index (χ1) is 20.6. The molecule has 1 fully saturated rings. The number of amides is 2. The molecule has 2 amide bonds. The van der Waals surface area contributed by atoms with Gasteiger partial charge in [0.1, 0.15) is 18.7 Å². The minimum absolute atomic E-state index is 0.0316. The number of alkyl carbamates (subject to hydrolysis) is 1. The number of carboxylic acids is 1. The first kappa shape index (κ1) is 30.4. The van der Waals surface area contributed by atoms with Crippen LogP contribution < -0.4 is 5.32 Å². The van der Waals surface area contributed by atoms with Gasteiger partial charge in [-0.05, 0) is 47.6 Å². The lowest BCUT2D eigenvalue weighted by atomic mass is 9.98. The molecule has 43 heavy (non-hydrogen) atoms. The maximum Gasteiger partial charge on any atom is 0.472 e. The van der Waals surface area contributed by atoms with E-state index in [4.69, 9.17) is 13.8 Å². The van der Waals surface area contributed by atoms with Crippen LogP contribution in [0.4, 0.5) is 4.79 Å². The van der Waals surface area contributed by atoms with Gasteiger partial charge in [-0.15, -0.1) is 0 Å². The Morgan fingerprint density at radius 2 is 1.58 bits per heavy atom. The van der Waals surface area contributed by atoms with Crippen LogP contribution in [0.25, 0.3) is 11.1 Å². The van der Waals surface area contributed by atoms with Gasteiger partial charge in [0.05, 0.1) is 12.7 Å². The third-order valence-corrected chi connectivity index (χ3v) is 8.76. The zero-order valence-corrected chi connectivity index (χ0v) is 24.4. The fourth-order valence-electron chi connectivity index (χ4n) is 5.64. The topological polar surface area (TPSA) is 152 Å². The first-order valence-electron chi connectivity index (χ1n) is 14.0. The number of nitrogens with one attached hydrogen (secondary N) is 1. The van der Waals surface area contributed by atoms with E-state index in [2.05, 4.69) is 5.32 Å². The number of aliphatic carboxylic acids is 1. The number of carbonyl (C=O) groups is 3. The molecule has 0 aromatic heterocycles. The lowest BCUT2D eigenvalue weighted by Crippen LogP contribution is -2.56. The molecule has 1 aliphatic carbocycles. The fraction of sp³-hybridized carbons (Fsp3) is 0.323. The van der Waals surface area contributed by atoms with Crippen LogP contribution in [0.1, 0.15) is 42.4 Å². The SMILES string of the molecule is C[C@@H](OP(=O)(O)OCc1ccccc1)[C@H](NC(=O)OCC1c2ccccc2-c2ccccc21)C(=O)N1CCC[C@H]1C(=O)O. The predicted molar refractivity (Wildman–Crippen MR) is 156 cm³/mol. The van der Waals surface area contributed by atoms with E-state index >= 15 is 0 Å². The van der Waals surface area contributed by atoms with Crippen LogP contribution in [0.3, 0.4) is 0 Å². The molecule has 12 heteroatoms. The average molecular weight is 609 g/mol. The maximum absolute atomic E-state index is 13.6. The van der Waals surface area contributed by atoms with Gasteiger partial charge in [-0.1, -0.05) is 78.9 Å². The minimum Gasteiger partial charge on any atom is -0.480 e. The molecular formula is C31H33N2O9P. The van der Waals surface area contributed by atoms with Gasteiger partial charge in [0.15, 0.2) is 0 Å². The van der Waals surface area contributed by atoms with E-state index in [9.17, 15) is 28.9 Å². The highest BCUT2D eigenvalue weighted by atomic mass is 31.2. The molecule has 1 aliphatic heterocycles. The third kappa shape index (κ3) is 6.97. The van der Waals surface area contributed by atoms with E-state index in [0.717, 1.165) is 27.2 Å². The van der Waals surface area contributed by atoms with Crippen molar-refractivity contribution in [3.8, 4) is 11.1 Å². The Morgan fingerprint density at radius 3 is 2.21 bits per heavy atom. The molecule has 11 nitrogen and oxygen atoms in total. The zero-order chi connectivity index (χ0) is 30.6. The number of carboxylic acid groups (broad SMARTS) is 1. The van der Waals surface area contributed by atoms with E-state index in [1.165, 1.54) is 6.92 Å². The van der Waals surface area contributed by atoms with Crippen LogP contribution in [0, 0.1) is 0 Å². The molecule has 1 saturated heterocycles. The normalized spacial score (nSPS) is 18.7. The molecule has 0 radical (unpaired) electrons. The summed E-state index contributed by atoms with van der Waals surface area (Å²) in [7, 11) is -4.70. The second kappa shape index (κ2) is 13.1. The van der Waals surface area contributed by atoms with Crippen LogP contribution in [0.2, 0.25) is 0 Å². The number of nitrogens with zero attached hydrogens (tertiary/aromatic N) is 1. The van der Waals surface area contributed by atoms with Crippen LogP contribution >= 0.6 is 7.82 Å². The molecule has 1 unspecified atom stereocenters. The van der Waals surface area contributed by atoms with Crippen molar-refractivity contribution >= 4 is 25.8 Å². The quantitative estimate of drug-likeness (QED) is 0.263. The van der Waals surface area contributed by atoms with Crippen molar-refractivity contribution in [2.24, 2.45) is 0 Å². The second-order valence-electron chi connectivity index (χ2n) is 10.5. The van der Waals surface area contributed by atoms with Crippen LogP contribution in [-0.4, -0.2) is 64.2 Å². The molecule has 5 rings (SSSR count). The van der Waals surface area contributed by atoms with E-state index in [1.54, 1.807) is 30.3 Å². The Bertz CT molecular complexity index is 1490. The molecule has 0 spiro atoms. The smallest absolute Gasteiger partial charge is 0.472 e. The molecule has 2 aliphatic rings. The van der Waals surface area contributed by atoms with Gasteiger partial charge >= 0.3 is 19.9 Å². The van der Waals surface area contributed by atoms with Gasteiger partial charge < -0.3 is 25.0 Å². The molecule has 4 atom stereocenters. The van der Waals surface area contributed by atoms with Gasteiger partial charge in [-0.2, -0.15) is 0 Å². The number of rotatable bonds is 11.